The van der Waals surface area contributed by atoms with Gasteiger partial charge in [0.05, 0.1) is 13.2 Å². The van der Waals surface area contributed by atoms with Crippen molar-refractivity contribution in [2.45, 2.75) is 40.3 Å². The van der Waals surface area contributed by atoms with E-state index in [1.165, 1.54) is 6.92 Å². The Hall–Kier alpha value is -1.95. The maximum absolute atomic E-state index is 12.8. The van der Waals surface area contributed by atoms with Crippen molar-refractivity contribution in [3.05, 3.63) is 11.6 Å². The van der Waals surface area contributed by atoms with E-state index in [4.69, 9.17) is 27.4 Å². The smallest absolute Gasteiger partial charge is 0.324 e. The van der Waals surface area contributed by atoms with Crippen LogP contribution in [0.3, 0.4) is 0 Å². The number of rotatable bonds is 10. The van der Waals surface area contributed by atoms with Crippen LogP contribution in [0.1, 0.15) is 34.1 Å². The van der Waals surface area contributed by atoms with Crippen LogP contribution in [0.15, 0.2) is 11.6 Å². The number of carbonyl (C=O) groups is 2. The van der Waals surface area contributed by atoms with Crippen LogP contribution in [0.4, 0.5) is 0 Å². The van der Waals surface area contributed by atoms with Crippen molar-refractivity contribution in [2.24, 2.45) is 23.0 Å². The van der Waals surface area contributed by atoms with E-state index in [1.54, 1.807) is 19.9 Å². The van der Waals surface area contributed by atoms with Gasteiger partial charge in [0, 0.05) is 12.5 Å². The number of carbonyl (C=O) groups excluding carboxylic acids is 2. The van der Waals surface area contributed by atoms with Crippen molar-refractivity contribution in [2.75, 3.05) is 19.8 Å². The van der Waals surface area contributed by atoms with E-state index in [0.29, 0.717) is 5.57 Å². The van der Waals surface area contributed by atoms with E-state index in [1.807, 2.05) is 6.92 Å². The second-order valence-corrected chi connectivity index (χ2v) is 6.87. The number of hydrogen-bond acceptors (Lipinski definition) is 7. The van der Waals surface area contributed by atoms with Gasteiger partial charge >= 0.3 is 11.9 Å². The molecule has 0 aromatic heterocycles. The number of nitrogens with two attached hydrogens (primary N) is 1. The molecule has 4 N–H and O–H groups in total. The topological polar surface area (TPSA) is 111 Å². The summed E-state index contributed by atoms with van der Waals surface area (Å²) in [5, 5.41) is 12.4. The molecule has 0 fully saturated rings. The molecule has 3 unspecified atom stereocenters. The molecule has 27 heavy (non-hydrogen) atoms. The summed E-state index contributed by atoms with van der Waals surface area (Å²) in [4.78, 5) is 25.9. The molecule has 0 aromatic rings. The Morgan fingerprint density at radius 3 is 2.37 bits per heavy atom. The quantitative estimate of drug-likeness (QED) is 0.164. The highest BCUT2D eigenvalue weighted by Gasteiger charge is 2.51. The molecule has 0 saturated carbocycles. The third-order valence-electron chi connectivity index (χ3n) is 4.47. The lowest BCUT2D eigenvalue weighted by atomic mass is 9.72. The lowest BCUT2D eigenvalue weighted by molar-refractivity contribution is -0.173. The van der Waals surface area contributed by atoms with Crippen molar-refractivity contribution in [1.29, 1.82) is 0 Å². The summed E-state index contributed by atoms with van der Waals surface area (Å²) in [7, 11) is 0. The Labute approximate surface area is 165 Å². The third kappa shape index (κ3) is 5.76. The first kappa shape index (κ1) is 23.1. The molecule has 0 saturated heterocycles. The number of allylic oxidation sites excluding steroid dienone is 1. The van der Waals surface area contributed by atoms with Crippen molar-refractivity contribution >= 4 is 29.1 Å². The zero-order valence-corrected chi connectivity index (χ0v) is 17.0. The fraction of sp³-hybridized carbons (Fsp3) is 0.632. The second kappa shape index (κ2) is 10.4. The van der Waals surface area contributed by atoms with Crippen LogP contribution in [0.2, 0.25) is 0 Å². The molecule has 1 aliphatic rings. The first-order chi connectivity index (χ1) is 12.7. The second-order valence-electron chi connectivity index (χ2n) is 6.43. The lowest BCUT2D eigenvalue weighted by Crippen LogP contribution is -2.52. The normalized spacial score (nSPS) is 20.0. The number of hydrogen-bond donors (Lipinski definition) is 3. The van der Waals surface area contributed by atoms with Gasteiger partial charge in [0.15, 0.2) is 5.41 Å². The summed E-state index contributed by atoms with van der Waals surface area (Å²) in [5.41, 5.74) is 4.83. The van der Waals surface area contributed by atoms with E-state index in [-0.39, 0.29) is 43.0 Å². The molecule has 1 aliphatic carbocycles. The minimum absolute atomic E-state index is 0.0541. The van der Waals surface area contributed by atoms with Gasteiger partial charge in [0.2, 0.25) is 0 Å². The van der Waals surface area contributed by atoms with Crippen LogP contribution in [0.5, 0.6) is 0 Å². The first-order valence-corrected chi connectivity index (χ1v) is 9.37. The monoisotopic (exact) mass is 396 g/mol. The Balaban J connectivity index is 3.29. The zero-order valence-electron chi connectivity index (χ0n) is 16.2. The molecule has 8 heteroatoms. The van der Waals surface area contributed by atoms with Gasteiger partial charge in [-0.1, -0.05) is 31.0 Å². The largest absolute Gasteiger partial charge is 0.465 e. The highest BCUT2D eigenvalue weighted by atomic mass is 32.1. The standard InChI is InChI=1S/C19H28N2O5S/c1-5-25-17(23)19(11-21-13(4)22,18(24)26-6-2)10-14-8-7-9-15(12(14)3)16(20)27/h9,12-14,21-22H,5-6,10-11H2,1-4H3,(H2,20,27). The maximum atomic E-state index is 12.8. The molecule has 0 aromatic carbocycles. The molecule has 0 aliphatic heterocycles. The molecule has 150 valence electrons. The summed E-state index contributed by atoms with van der Waals surface area (Å²) < 4.78 is 10.4. The molecule has 0 amide bonds. The fourth-order valence-corrected chi connectivity index (χ4v) is 3.17. The number of aliphatic hydroxyl groups excluding tert-OH is 1. The molecule has 0 heterocycles. The molecule has 7 nitrogen and oxygen atoms in total. The third-order valence-corrected chi connectivity index (χ3v) is 4.71. The summed E-state index contributed by atoms with van der Waals surface area (Å²) in [5.74, 6) is 3.96. The average Bonchev–Trinajstić information content (AvgIpc) is 2.60. The van der Waals surface area contributed by atoms with E-state index in [2.05, 4.69) is 17.2 Å². The van der Waals surface area contributed by atoms with Crippen LogP contribution in [-0.2, 0) is 19.1 Å². The molecule has 3 atom stereocenters. The highest BCUT2D eigenvalue weighted by molar-refractivity contribution is 7.80. The van der Waals surface area contributed by atoms with Crippen LogP contribution in [-0.4, -0.2) is 48.0 Å². The molecule has 0 spiro atoms. The zero-order chi connectivity index (χ0) is 20.6. The number of esters is 2. The molecular formula is C19H28N2O5S. The first-order valence-electron chi connectivity index (χ1n) is 8.96. The van der Waals surface area contributed by atoms with Gasteiger partial charge in [-0.15, -0.1) is 0 Å². The predicted octanol–water partition coefficient (Wildman–Crippen LogP) is 0.899. The minimum atomic E-state index is -1.64. The van der Waals surface area contributed by atoms with Gasteiger partial charge in [0.1, 0.15) is 11.2 Å². The van der Waals surface area contributed by atoms with Crippen LogP contribution >= 0.6 is 12.2 Å². The van der Waals surface area contributed by atoms with Gasteiger partial charge in [-0.05, 0) is 44.8 Å². The van der Waals surface area contributed by atoms with Gasteiger partial charge in [-0.25, -0.2) is 0 Å². The molecule has 1 rings (SSSR count). The van der Waals surface area contributed by atoms with Gasteiger partial charge in [-0.2, -0.15) is 0 Å². The number of aliphatic hydroxyl groups is 1. The van der Waals surface area contributed by atoms with E-state index >= 15 is 0 Å². The predicted molar refractivity (Wildman–Crippen MR) is 105 cm³/mol. The highest BCUT2D eigenvalue weighted by Crippen LogP contribution is 2.36. The lowest BCUT2D eigenvalue weighted by Gasteiger charge is -2.34. The molecular weight excluding hydrogens is 368 g/mol. The van der Waals surface area contributed by atoms with E-state index < -0.39 is 23.6 Å². The number of nitrogens with one attached hydrogen (secondary N) is 1. The van der Waals surface area contributed by atoms with Crippen molar-refractivity contribution in [1.82, 2.24) is 5.32 Å². The van der Waals surface area contributed by atoms with Crippen molar-refractivity contribution in [3.8, 4) is 11.8 Å². The van der Waals surface area contributed by atoms with E-state index in [9.17, 15) is 14.7 Å². The summed E-state index contributed by atoms with van der Waals surface area (Å²) in [6.07, 6.45) is 0.794. The Morgan fingerprint density at radius 1 is 1.37 bits per heavy atom. The number of ether oxygens (including phenoxy) is 2. The summed E-state index contributed by atoms with van der Waals surface area (Å²) in [6.45, 7) is 6.79. The average molecular weight is 397 g/mol. The molecule has 0 bridgehead atoms. The van der Waals surface area contributed by atoms with Crippen molar-refractivity contribution < 1.29 is 24.2 Å². The van der Waals surface area contributed by atoms with Crippen molar-refractivity contribution in [3.63, 3.8) is 0 Å². The van der Waals surface area contributed by atoms with Gasteiger partial charge < -0.3 is 20.3 Å². The summed E-state index contributed by atoms with van der Waals surface area (Å²) in [6, 6.07) is 0. The van der Waals surface area contributed by atoms with Crippen LogP contribution in [0, 0.1) is 29.1 Å². The summed E-state index contributed by atoms with van der Waals surface area (Å²) >= 11 is 5.07. The van der Waals surface area contributed by atoms with Gasteiger partial charge in [-0.3, -0.25) is 14.9 Å². The van der Waals surface area contributed by atoms with Crippen LogP contribution in [0.25, 0.3) is 0 Å². The van der Waals surface area contributed by atoms with E-state index in [0.717, 1.165) is 0 Å². The Kier molecular flexibility index (Phi) is 8.89. The minimum Gasteiger partial charge on any atom is -0.465 e. The Bertz CT molecular complexity index is 645. The SMILES string of the molecule is CCOC(=O)C(CNC(C)O)(CC1C#CC=C(C(N)=S)C1C)C(=O)OCC. The van der Waals surface area contributed by atoms with Crippen LogP contribution < -0.4 is 11.1 Å². The Morgan fingerprint density at radius 2 is 1.93 bits per heavy atom. The van der Waals surface area contributed by atoms with Gasteiger partial charge in [0.25, 0.3) is 0 Å². The fourth-order valence-electron chi connectivity index (χ4n) is 2.93. The maximum Gasteiger partial charge on any atom is 0.324 e. The number of thiocarbonyl (C=S) groups is 1. The molecule has 0 radical (unpaired) electrons.